The van der Waals surface area contributed by atoms with Crippen LogP contribution in [0.3, 0.4) is 0 Å². The van der Waals surface area contributed by atoms with Gasteiger partial charge in [0.15, 0.2) is 5.69 Å². The molecule has 0 aliphatic rings. The Morgan fingerprint density at radius 2 is 1.78 bits per heavy atom. The lowest BCUT2D eigenvalue weighted by molar-refractivity contribution is 0.0691. The van der Waals surface area contributed by atoms with Gasteiger partial charge in [0, 0.05) is 5.56 Å². The van der Waals surface area contributed by atoms with Crippen molar-refractivity contribution in [2.24, 2.45) is 0 Å². The second-order valence-electron chi connectivity index (χ2n) is 5.28. The fourth-order valence-corrected chi connectivity index (χ4v) is 2.34. The monoisotopic (exact) mass is 311 g/mol. The Kier molecular flexibility index (Phi) is 3.65. The number of aromatic carboxylic acids is 1. The van der Waals surface area contributed by atoms with Gasteiger partial charge in [0.2, 0.25) is 0 Å². The molecule has 1 heterocycles. The molecule has 0 radical (unpaired) electrons. The summed E-state index contributed by atoms with van der Waals surface area (Å²) in [5.41, 5.74) is 3.60. The zero-order chi connectivity index (χ0) is 16.6. The highest BCUT2D eigenvalue weighted by atomic mass is 19.1. The van der Waals surface area contributed by atoms with Crippen molar-refractivity contribution in [3.63, 3.8) is 0 Å². The van der Waals surface area contributed by atoms with Crippen LogP contribution in [0.4, 0.5) is 4.39 Å². The number of carbonyl (C=O) groups is 1. The Morgan fingerprint density at radius 3 is 2.39 bits per heavy atom. The van der Waals surface area contributed by atoms with Crippen LogP contribution in [0, 0.1) is 19.7 Å². The topological polar surface area (TPSA) is 68.0 Å². The number of halogens is 1. The Hall–Kier alpha value is -3.02. The smallest absolute Gasteiger partial charge is 0.358 e. The third-order valence-electron chi connectivity index (χ3n) is 3.72. The molecule has 3 rings (SSSR count). The zero-order valence-corrected chi connectivity index (χ0v) is 12.6. The highest BCUT2D eigenvalue weighted by Gasteiger charge is 2.21. The summed E-state index contributed by atoms with van der Waals surface area (Å²) in [4.78, 5) is 11.5. The maximum Gasteiger partial charge on any atom is 0.358 e. The molecular formula is C17H14FN3O2. The van der Waals surface area contributed by atoms with Crippen LogP contribution in [-0.2, 0) is 0 Å². The van der Waals surface area contributed by atoms with Crippen molar-refractivity contribution in [2.45, 2.75) is 13.8 Å². The SMILES string of the molecule is Cc1ccc(-c2c(C(=O)O)nnn2-c2ccc(F)cc2)cc1C. The zero-order valence-electron chi connectivity index (χ0n) is 12.6. The van der Waals surface area contributed by atoms with Gasteiger partial charge in [0.25, 0.3) is 0 Å². The molecule has 0 saturated heterocycles. The number of carboxylic acid groups (broad SMARTS) is 1. The average Bonchev–Trinajstić information content (AvgIpc) is 2.96. The van der Waals surface area contributed by atoms with Crippen LogP contribution in [0.5, 0.6) is 0 Å². The van der Waals surface area contributed by atoms with Gasteiger partial charge in [-0.2, -0.15) is 0 Å². The van der Waals surface area contributed by atoms with Gasteiger partial charge >= 0.3 is 5.97 Å². The predicted molar refractivity (Wildman–Crippen MR) is 83.2 cm³/mol. The number of hydrogen-bond donors (Lipinski definition) is 1. The number of aryl methyl sites for hydroxylation is 2. The average molecular weight is 311 g/mol. The van der Waals surface area contributed by atoms with Crippen molar-refractivity contribution < 1.29 is 14.3 Å². The number of aromatic nitrogens is 3. The van der Waals surface area contributed by atoms with Crippen LogP contribution >= 0.6 is 0 Å². The molecule has 0 bridgehead atoms. The van der Waals surface area contributed by atoms with E-state index in [9.17, 15) is 14.3 Å². The van der Waals surface area contributed by atoms with E-state index in [0.717, 1.165) is 11.1 Å². The molecule has 0 aliphatic carbocycles. The van der Waals surface area contributed by atoms with Crippen LogP contribution < -0.4 is 0 Å². The number of nitrogens with zero attached hydrogens (tertiary/aromatic N) is 3. The molecule has 0 spiro atoms. The molecule has 0 atom stereocenters. The summed E-state index contributed by atoms with van der Waals surface area (Å²) >= 11 is 0. The number of carboxylic acids is 1. The van der Waals surface area contributed by atoms with Crippen molar-refractivity contribution >= 4 is 5.97 Å². The number of hydrogen-bond acceptors (Lipinski definition) is 3. The maximum absolute atomic E-state index is 13.1. The van der Waals surface area contributed by atoms with Crippen LogP contribution in [-0.4, -0.2) is 26.1 Å². The van der Waals surface area contributed by atoms with Crippen molar-refractivity contribution in [3.05, 3.63) is 65.1 Å². The summed E-state index contributed by atoms with van der Waals surface area (Å²) < 4.78 is 14.5. The van der Waals surface area contributed by atoms with Crippen molar-refractivity contribution in [3.8, 4) is 16.9 Å². The van der Waals surface area contributed by atoms with Crippen LogP contribution in [0.2, 0.25) is 0 Å². The Balaban J connectivity index is 2.24. The van der Waals surface area contributed by atoms with E-state index in [1.165, 1.54) is 28.9 Å². The summed E-state index contributed by atoms with van der Waals surface area (Å²) in [6.45, 7) is 3.93. The molecule has 0 fully saturated rings. The molecule has 0 saturated carbocycles. The molecule has 1 N–H and O–H groups in total. The molecule has 116 valence electrons. The second-order valence-corrected chi connectivity index (χ2v) is 5.28. The minimum absolute atomic E-state index is 0.141. The fourth-order valence-electron chi connectivity index (χ4n) is 2.34. The highest BCUT2D eigenvalue weighted by molar-refractivity contribution is 5.93. The number of rotatable bonds is 3. The summed E-state index contributed by atoms with van der Waals surface area (Å²) in [5, 5.41) is 17.1. The van der Waals surface area contributed by atoms with Gasteiger partial charge in [-0.15, -0.1) is 5.10 Å². The van der Waals surface area contributed by atoms with Crippen LogP contribution in [0.15, 0.2) is 42.5 Å². The van der Waals surface area contributed by atoms with E-state index in [1.54, 1.807) is 0 Å². The molecule has 1 aromatic heterocycles. The normalized spacial score (nSPS) is 10.7. The van der Waals surface area contributed by atoms with E-state index in [-0.39, 0.29) is 11.5 Å². The highest BCUT2D eigenvalue weighted by Crippen LogP contribution is 2.27. The Morgan fingerprint density at radius 1 is 1.09 bits per heavy atom. The first kappa shape index (κ1) is 14.9. The largest absolute Gasteiger partial charge is 0.476 e. The van der Waals surface area contributed by atoms with Crippen molar-refractivity contribution in [2.75, 3.05) is 0 Å². The van der Waals surface area contributed by atoms with E-state index in [0.29, 0.717) is 16.9 Å². The first-order chi connectivity index (χ1) is 11.0. The van der Waals surface area contributed by atoms with Gasteiger partial charge in [-0.3, -0.25) is 0 Å². The molecule has 0 amide bonds. The van der Waals surface area contributed by atoms with E-state index < -0.39 is 5.97 Å². The van der Waals surface area contributed by atoms with Gasteiger partial charge in [-0.25, -0.2) is 13.9 Å². The molecule has 2 aromatic carbocycles. The fraction of sp³-hybridized carbons (Fsp3) is 0.118. The molecule has 23 heavy (non-hydrogen) atoms. The molecule has 5 nitrogen and oxygen atoms in total. The van der Waals surface area contributed by atoms with E-state index in [2.05, 4.69) is 10.3 Å². The quantitative estimate of drug-likeness (QED) is 0.805. The van der Waals surface area contributed by atoms with Crippen molar-refractivity contribution in [1.29, 1.82) is 0 Å². The molecule has 0 unspecified atom stereocenters. The van der Waals surface area contributed by atoms with Crippen molar-refractivity contribution in [1.82, 2.24) is 15.0 Å². The first-order valence-corrected chi connectivity index (χ1v) is 7.00. The number of benzene rings is 2. The lowest BCUT2D eigenvalue weighted by Crippen LogP contribution is -2.03. The van der Waals surface area contributed by atoms with Crippen LogP contribution in [0.25, 0.3) is 16.9 Å². The standard InChI is InChI=1S/C17H14FN3O2/c1-10-3-4-12(9-11(10)2)16-15(17(22)23)19-20-21(16)14-7-5-13(18)6-8-14/h3-9H,1-2H3,(H,22,23). The van der Waals surface area contributed by atoms with Gasteiger partial charge in [-0.05, 0) is 55.3 Å². The summed E-state index contributed by atoms with van der Waals surface area (Å²) in [6.07, 6.45) is 0. The second kappa shape index (κ2) is 5.64. The molecule has 0 aliphatic heterocycles. The van der Waals surface area contributed by atoms with E-state index >= 15 is 0 Å². The summed E-state index contributed by atoms with van der Waals surface area (Å²) in [7, 11) is 0. The molecule has 6 heteroatoms. The third-order valence-corrected chi connectivity index (χ3v) is 3.72. The van der Waals surface area contributed by atoms with E-state index in [1.807, 2.05) is 32.0 Å². The summed E-state index contributed by atoms with van der Waals surface area (Å²) in [5.74, 6) is -1.54. The third kappa shape index (κ3) is 2.70. The van der Waals surface area contributed by atoms with Gasteiger partial charge < -0.3 is 5.11 Å². The Labute approximate surface area is 132 Å². The van der Waals surface area contributed by atoms with E-state index in [4.69, 9.17) is 0 Å². The van der Waals surface area contributed by atoms with Gasteiger partial charge in [0.05, 0.1) is 5.69 Å². The molecule has 3 aromatic rings. The first-order valence-electron chi connectivity index (χ1n) is 7.00. The Bertz CT molecular complexity index is 885. The summed E-state index contributed by atoms with van der Waals surface area (Å²) in [6, 6.07) is 11.3. The lowest BCUT2D eigenvalue weighted by Gasteiger charge is -2.09. The minimum atomic E-state index is -1.16. The van der Waals surface area contributed by atoms with Gasteiger partial charge in [-0.1, -0.05) is 17.3 Å². The van der Waals surface area contributed by atoms with Gasteiger partial charge in [0.1, 0.15) is 11.5 Å². The minimum Gasteiger partial charge on any atom is -0.476 e. The molecular weight excluding hydrogens is 297 g/mol. The predicted octanol–water partition coefficient (Wildman–Crippen LogP) is 3.39. The lowest BCUT2D eigenvalue weighted by atomic mass is 10.0. The van der Waals surface area contributed by atoms with Crippen LogP contribution in [0.1, 0.15) is 21.6 Å². The maximum atomic E-state index is 13.1.